The molecule has 1 aliphatic rings. The normalized spacial score (nSPS) is 16.5. The first-order valence-corrected chi connectivity index (χ1v) is 5.45. The van der Waals surface area contributed by atoms with Gasteiger partial charge in [0.1, 0.15) is 5.57 Å². The van der Waals surface area contributed by atoms with Crippen molar-refractivity contribution in [3.05, 3.63) is 11.6 Å². The lowest BCUT2D eigenvalue weighted by Gasteiger charge is -1.98. The Balaban J connectivity index is 2.70. The van der Waals surface area contributed by atoms with Crippen molar-refractivity contribution in [2.45, 2.75) is 32.6 Å². The molecule has 86 valence electrons. The number of methoxy groups -OCH3 is 1. The van der Waals surface area contributed by atoms with Crippen molar-refractivity contribution < 1.29 is 14.3 Å². The van der Waals surface area contributed by atoms with E-state index in [0.29, 0.717) is 5.92 Å². The van der Waals surface area contributed by atoms with Crippen LogP contribution in [0.25, 0.3) is 0 Å². The molecule has 0 aromatic heterocycles. The molecule has 0 spiro atoms. The molecule has 1 fully saturated rings. The fourth-order valence-corrected chi connectivity index (χ4v) is 1.72. The molecule has 0 N–H and O–H groups in total. The van der Waals surface area contributed by atoms with E-state index < -0.39 is 5.97 Å². The largest absolute Gasteiger partial charge is 0.465 e. The highest BCUT2D eigenvalue weighted by Crippen LogP contribution is 2.23. The van der Waals surface area contributed by atoms with Crippen LogP contribution in [0, 0.1) is 17.8 Å². The third kappa shape index (κ3) is 3.54. The molecule has 3 nitrogen and oxygen atoms in total. The second-order valence-electron chi connectivity index (χ2n) is 3.88. The standard InChI is InChI=1S/C13H16O3/c1-10(14)12(13(15)16-2)9-5-8-11-6-3-4-7-11/h9,11H,3-4,6-7H2,1-2H3/b12-9+. The van der Waals surface area contributed by atoms with Gasteiger partial charge in [-0.05, 0) is 19.8 Å². The van der Waals surface area contributed by atoms with E-state index in [-0.39, 0.29) is 11.4 Å². The molecule has 16 heavy (non-hydrogen) atoms. The first-order valence-electron chi connectivity index (χ1n) is 5.45. The summed E-state index contributed by atoms with van der Waals surface area (Å²) in [5.41, 5.74) is 0.0213. The molecule has 0 aliphatic heterocycles. The van der Waals surface area contributed by atoms with Gasteiger partial charge in [0.05, 0.1) is 7.11 Å². The minimum Gasteiger partial charge on any atom is -0.465 e. The van der Waals surface area contributed by atoms with Crippen molar-refractivity contribution in [2.75, 3.05) is 7.11 Å². The lowest BCUT2D eigenvalue weighted by molar-refractivity contribution is -0.137. The summed E-state index contributed by atoms with van der Waals surface area (Å²) >= 11 is 0. The number of carbonyl (C=O) groups is 2. The molecule has 1 aliphatic carbocycles. The SMILES string of the molecule is COC(=O)/C(=C/C#CC1CCCC1)C(C)=O. The smallest absolute Gasteiger partial charge is 0.342 e. The van der Waals surface area contributed by atoms with Gasteiger partial charge in [0.15, 0.2) is 5.78 Å². The zero-order valence-corrected chi connectivity index (χ0v) is 9.71. The van der Waals surface area contributed by atoms with E-state index in [1.165, 1.54) is 33.0 Å². The predicted octanol–water partition coefficient (Wildman–Crippen LogP) is 1.87. The van der Waals surface area contributed by atoms with E-state index in [2.05, 4.69) is 16.6 Å². The molecule has 0 heterocycles. The van der Waals surface area contributed by atoms with Gasteiger partial charge in [-0.15, -0.1) is 0 Å². The van der Waals surface area contributed by atoms with Gasteiger partial charge < -0.3 is 4.74 Å². The van der Waals surface area contributed by atoms with Crippen LogP contribution in [0.2, 0.25) is 0 Å². The van der Waals surface area contributed by atoms with E-state index in [0.717, 1.165) is 12.8 Å². The summed E-state index contributed by atoms with van der Waals surface area (Å²) in [6, 6.07) is 0. The van der Waals surface area contributed by atoms with Crippen LogP contribution in [0.4, 0.5) is 0 Å². The van der Waals surface area contributed by atoms with Crippen LogP contribution in [0.15, 0.2) is 11.6 Å². The Kier molecular flexibility index (Phi) is 4.78. The summed E-state index contributed by atoms with van der Waals surface area (Å²) in [6.07, 6.45) is 6.05. The van der Waals surface area contributed by atoms with Crippen molar-refractivity contribution in [1.82, 2.24) is 0 Å². The monoisotopic (exact) mass is 220 g/mol. The van der Waals surface area contributed by atoms with E-state index in [1.54, 1.807) is 0 Å². The zero-order valence-electron chi connectivity index (χ0n) is 9.71. The van der Waals surface area contributed by atoms with Crippen molar-refractivity contribution in [2.24, 2.45) is 5.92 Å². The molecular weight excluding hydrogens is 204 g/mol. The molecule has 0 saturated heterocycles. The number of esters is 1. The number of Topliss-reactive ketones (excluding diaryl/α,β-unsaturated/α-hetero) is 1. The molecule has 0 aromatic carbocycles. The topological polar surface area (TPSA) is 43.4 Å². The number of carbonyl (C=O) groups excluding carboxylic acids is 2. The van der Waals surface area contributed by atoms with Gasteiger partial charge in [-0.2, -0.15) is 0 Å². The summed E-state index contributed by atoms with van der Waals surface area (Å²) in [7, 11) is 1.25. The second-order valence-corrected chi connectivity index (χ2v) is 3.88. The maximum Gasteiger partial charge on any atom is 0.342 e. The predicted molar refractivity (Wildman–Crippen MR) is 60.5 cm³/mol. The highest BCUT2D eigenvalue weighted by Gasteiger charge is 2.14. The van der Waals surface area contributed by atoms with Crippen LogP contribution in [0.3, 0.4) is 0 Å². The zero-order chi connectivity index (χ0) is 12.0. The average Bonchev–Trinajstić information content (AvgIpc) is 2.75. The van der Waals surface area contributed by atoms with Gasteiger partial charge in [0.2, 0.25) is 0 Å². The summed E-state index contributed by atoms with van der Waals surface area (Å²) in [4.78, 5) is 22.3. The number of ether oxygens (including phenoxy) is 1. The molecule has 0 radical (unpaired) electrons. The summed E-state index contributed by atoms with van der Waals surface area (Å²) in [5.74, 6) is 5.34. The van der Waals surface area contributed by atoms with Crippen LogP contribution in [0.5, 0.6) is 0 Å². The minimum atomic E-state index is -0.617. The number of hydrogen-bond donors (Lipinski definition) is 0. The Morgan fingerprint density at radius 2 is 1.94 bits per heavy atom. The summed E-state index contributed by atoms with van der Waals surface area (Å²) < 4.78 is 4.50. The molecule has 0 unspecified atom stereocenters. The van der Waals surface area contributed by atoms with Gasteiger partial charge in [-0.1, -0.05) is 24.7 Å². The van der Waals surface area contributed by atoms with Crippen molar-refractivity contribution in [3.8, 4) is 11.8 Å². The van der Waals surface area contributed by atoms with Gasteiger partial charge in [-0.3, -0.25) is 4.79 Å². The van der Waals surface area contributed by atoms with Crippen LogP contribution < -0.4 is 0 Å². The first kappa shape index (κ1) is 12.5. The van der Waals surface area contributed by atoms with Crippen molar-refractivity contribution >= 4 is 11.8 Å². The molecule has 0 atom stereocenters. The van der Waals surface area contributed by atoms with Crippen LogP contribution in [-0.2, 0) is 14.3 Å². The average molecular weight is 220 g/mol. The van der Waals surface area contributed by atoms with E-state index in [1.807, 2.05) is 0 Å². The van der Waals surface area contributed by atoms with Gasteiger partial charge in [-0.25, -0.2) is 4.79 Å². The Hall–Kier alpha value is -1.56. The highest BCUT2D eigenvalue weighted by atomic mass is 16.5. The summed E-state index contributed by atoms with van der Waals surface area (Å²) in [6.45, 7) is 1.33. The third-order valence-corrected chi connectivity index (χ3v) is 2.64. The number of rotatable bonds is 2. The number of hydrogen-bond acceptors (Lipinski definition) is 3. The molecule has 1 saturated carbocycles. The Morgan fingerprint density at radius 1 is 1.31 bits per heavy atom. The van der Waals surface area contributed by atoms with Gasteiger partial charge in [0, 0.05) is 12.0 Å². The van der Waals surface area contributed by atoms with Crippen molar-refractivity contribution in [3.63, 3.8) is 0 Å². The Morgan fingerprint density at radius 3 is 2.44 bits per heavy atom. The molecule has 0 aromatic rings. The van der Waals surface area contributed by atoms with Gasteiger partial charge in [0.25, 0.3) is 0 Å². The Bertz CT molecular complexity index is 362. The minimum absolute atomic E-state index is 0.0213. The summed E-state index contributed by atoms with van der Waals surface area (Å²) in [5, 5.41) is 0. The molecule has 1 rings (SSSR count). The maximum atomic E-state index is 11.2. The van der Waals surface area contributed by atoms with E-state index in [4.69, 9.17) is 0 Å². The molecule has 3 heteroatoms. The lowest BCUT2D eigenvalue weighted by Crippen LogP contribution is -2.11. The fourth-order valence-electron chi connectivity index (χ4n) is 1.72. The van der Waals surface area contributed by atoms with Crippen LogP contribution in [-0.4, -0.2) is 18.9 Å². The van der Waals surface area contributed by atoms with E-state index >= 15 is 0 Å². The Labute approximate surface area is 95.9 Å². The van der Waals surface area contributed by atoms with Crippen LogP contribution in [0.1, 0.15) is 32.6 Å². The maximum absolute atomic E-state index is 11.2. The molecule has 0 amide bonds. The van der Waals surface area contributed by atoms with Crippen LogP contribution >= 0.6 is 0 Å². The highest BCUT2D eigenvalue weighted by molar-refractivity contribution is 6.16. The van der Waals surface area contributed by atoms with Crippen molar-refractivity contribution in [1.29, 1.82) is 0 Å². The van der Waals surface area contributed by atoms with E-state index in [9.17, 15) is 9.59 Å². The number of allylic oxidation sites excluding steroid dienone is 1. The second kappa shape index (κ2) is 6.12. The van der Waals surface area contributed by atoms with Gasteiger partial charge >= 0.3 is 5.97 Å². The molecule has 0 bridgehead atoms. The fraction of sp³-hybridized carbons (Fsp3) is 0.538. The third-order valence-electron chi connectivity index (χ3n) is 2.64. The lowest BCUT2D eigenvalue weighted by atomic mass is 10.1. The molecular formula is C13H16O3. The quantitative estimate of drug-likeness (QED) is 0.234. The number of ketones is 1. The first-order chi connectivity index (χ1) is 7.65.